The van der Waals surface area contributed by atoms with E-state index in [1.807, 2.05) is 0 Å². The van der Waals surface area contributed by atoms with Gasteiger partial charge in [-0.2, -0.15) is 0 Å². The molecule has 3 nitrogen and oxygen atoms in total. The van der Waals surface area contributed by atoms with E-state index in [9.17, 15) is 0 Å². The molecule has 0 saturated carbocycles. The summed E-state index contributed by atoms with van der Waals surface area (Å²) in [5.74, 6) is 0. The average molecular weight is 1280 g/mol. The predicted octanol–water partition coefficient (Wildman–Crippen LogP) is 29.4. The van der Waals surface area contributed by atoms with Crippen LogP contribution in [0, 0.1) is 20.8 Å². The van der Waals surface area contributed by atoms with Crippen molar-refractivity contribution in [2.24, 2.45) is 0 Å². The number of nitrogens with zero attached hydrogens (tertiary/aromatic N) is 1. The summed E-state index contributed by atoms with van der Waals surface area (Å²) in [6, 6.07) is 61.9. The minimum atomic E-state index is -0.310. The van der Waals surface area contributed by atoms with Crippen LogP contribution in [-0.2, 0) is 16.2 Å². The third-order valence-corrected chi connectivity index (χ3v) is 23.9. The summed E-state index contributed by atoms with van der Waals surface area (Å²) >= 11 is 0. The first kappa shape index (κ1) is 66.6. The molecule has 2 aromatic heterocycles. The molecule has 0 fully saturated rings. The molecule has 0 aliphatic heterocycles. The third kappa shape index (κ3) is 12.1. The van der Waals surface area contributed by atoms with Crippen LogP contribution in [0.1, 0.15) is 271 Å². The summed E-state index contributed by atoms with van der Waals surface area (Å²) in [6.07, 6.45) is 35.7. The minimum absolute atomic E-state index is 0.0937. The Morgan fingerprint density at radius 1 is 0.330 bits per heavy atom. The molecular weight excluding hydrogens is 1180 g/mol. The van der Waals surface area contributed by atoms with Gasteiger partial charge in [-0.1, -0.05) is 298 Å². The van der Waals surface area contributed by atoms with E-state index < -0.39 is 0 Å². The lowest BCUT2D eigenvalue weighted by Crippen LogP contribution is -2.27. The van der Waals surface area contributed by atoms with Gasteiger partial charge in [-0.15, -0.1) is 0 Å². The molecule has 3 aliphatic rings. The zero-order valence-electron chi connectivity index (χ0n) is 60.6. The van der Waals surface area contributed by atoms with Crippen LogP contribution in [0.2, 0.25) is 0 Å². The van der Waals surface area contributed by atoms with Crippen LogP contribution >= 0.6 is 0 Å². The van der Waals surface area contributed by atoms with Gasteiger partial charge in [0.2, 0.25) is 0 Å². The SMILES string of the molecule is CCCCCCCCC1(CCCCCCCC)c2cc(N(c3ccc4c(c3)C(C)(C)c3cc(-c5ccccc5)c5oc6ccccc6c5c3-4)c3c(C)cc(C)cc3C)ccc2-c2cc3c(cc21)-c1c(ccc2oc4ccccc4c12)C3(CCCCCCCC)CCCCCCCC. The largest absolute Gasteiger partial charge is 0.456 e. The van der Waals surface area contributed by atoms with Crippen molar-refractivity contribution in [1.29, 1.82) is 0 Å². The molecule has 0 bridgehead atoms. The monoisotopic (exact) mass is 1280 g/mol. The molecule has 3 heteroatoms. The molecule has 3 aliphatic carbocycles. The number of hydrogen-bond acceptors (Lipinski definition) is 3. The Bertz CT molecular complexity index is 4560. The summed E-state index contributed by atoms with van der Waals surface area (Å²) in [4.78, 5) is 2.69. The number of rotatable bonds is 32. The maximum atomic E-state index is 6.96. The number of fused-ring (bicyclic) bond motifs is 17. The molecule has 0 atom stereocenters. The van der Waals surface area contributed by atoms with E-state index in [0.717, 1.165) is 40.7 Å². The van der Waals surface area contributed by atoms with E-state index in [-0.39, 0.29) is 16.2 Å². The second-order valence-corrected chi connectivity index (χ2v) is 30.8. The van der Waals surface area contributed by atoms with Crippen LogP contribution in [0.5, 0.6) is 0 Å². The molecule has 14 rings (SSSR count). The molecule has 0 radical (unpaired) electrons. The number of para-hydroxylation sites is 2. The summed E-state index contributed by atoms with van der Waals surface area (Å²) in [6.45, 7) is 21.3. The first-order valence-corrected chi connectivity index (χ1v) is 38.8. The number of aryl methyl sites for hydroxylation is 3. The Labute approximate surface area is 581 Å². The molecule has 0 saturated heterocycles. The minimum Gasteiger partial charge on any atom is -0.456 e. The molecule has 9 aromatic carbocycles. The van der Waals surface area contributed by atoms with Gasteiger partial charge in [0.25, 0.3) is 0 Å². The normalized spacial score (nSPS) is 14.4. The van der Waals surface area contributed by atoms with E-state index in [0.29, 0.717) is 0 Å². The van der Waals surface area contributed by atoms with E-state index >= 15 is 0 Å². The molecule has 11 aromatic rings. The summed E-state index contributed by atoms with van der Waals surface area (Å²) in [5.41, 5.74) is 30.9. The van der Waals surface area contributed by atoms with E-state index in [1.54, 1.807) is 22.3 Å². The van der Waals surface area contributed by atoms with E-state index in [4.69, 9.17) is 8.83 Å². The Hall–Kier alpha value is -7.62. The predicted molar refractivity (Wildman–Crippen MR) is 417 cm³/mol. The highest BCUT2D eigenvalue weighted by Gasteiger charge is 2.49. The van der Waals surface area contributed by atoms with Crippen molar-refractivity contribution < 1.29 is 8.83 Å². The third-order valence-electron chi connectivity index (χ3n) is 23.9. The second kappa shape index (κ2) is 28.7. The van der Waals surface area contributed by atoms with E-state index in [1.165, 1.54) is 272 Å². The van der Waals surface area contributed by atoms with Crippen LogP contribution in [0.3, 0.4) is 0 Å². The first-order chi connectivity index (χ1) is 47.5. The van der Waals surface area contributed by atoms with Gasteiger partial charge in [-0.3, -0.25) is 0 Å². The van der Waals surface area contributed by atoms with Crippen molar-refractivity contribution in [3.63, 3.8) is 0 Å². The van der Waals surface area contributed by atoms with Crippen LogP contribution in [0.15, 0.2) is 167 Å². The second-order valence-electron chi connectivity index (χ2n) is 30.8. The van der Waals surface area contributed by atoms with Crippen LogP contribution in [-0.4, -0.2) is 0 Å². The lowest BCUT2D eigenvalue weighted by Gasteiger charge is -2.35. The molecule has 0 spiro atoms. The lowest BCUT2D eigenvalue weighted by molar-refractivity contribution is 0.394. The summed E-state index contributed by atoms with van der Waals surface area (Å²) in [7, 11) is 0. The molecule has 0 unspecified atom stereocenters. The van der Waals surface area contributed by atoms with Crippen molar-refractivity contribution in [3.05, 3.63) is 208 Å². The molecular formula is C94H109NO2. The maximum Gasteiger partial charge on any atom is 0.143 e. The van der Waals surface area contributed by atoms with Crippen molar-refractivity contribution in [2.45, 2.75) is 258 Å². The van der Waals surface area contributed by atoms with Gasteiger partial charge in [-0.05, 0) is 191 Å². The fourth-order valence-corrected chi connectivity index (χ4v) is 19.1. The number of hydrogen-bond donors (Lipinski definition) is 0. The maximum absolute atomic E-state index is 6.96. The Balaban J connectivity index is 0.982. The molecule has 0 amide bonds. The first-order valence-electron chi connectivity index (χ1n) is 38.8. The Morgan fingerprint density at radius 2 is 0.773 bits per heavy atom. The van der Waals surface area contributed by atoms with Gasteiger partial charge in [0.05, 0.1) is 5.69 Å². The average Bonchev–Trinajstić information content (AvgIpc) is 1.54. The van der Waals surface area contributed by atoms with Crippen LogP contribution < -0.4 is 4.90 Å². The molecule has 0 N–H and O–H groups in total. The van der Waals surface area contributed by atoms with Crippen molar-refractivity contribution in [1.82, 2.24) is 0 Å². The van der Waals surface area contributed by atoms with Gasteiger partial charge in [0.1, 0.15) is 22.3 Å². The standard InChI is InChI=1S/C94H109NO2/c1-10-14-18-22-26-37-53-93(54-38-27-23-19-15-11-2)77-51-52-85-88(72-43-33-35-45-83(72)96-85)87(77)76-63-80-75(62-81(76)93)70-49-47-69(60-79(70)94(80,55-39-28-24-20-16-12-3)56-40-29-25-21-17-13-4)95(90-65(6)57-64(5)58-66(90)7)68-48-50-71-78(59-68)92(8,9)82-61-74(67-41-31-30-32-42-67)91-89(86(71)82)73-44-34-36-46-84(73)97-91/h30-36,41-52,57-63H,10-29,37-40,53-56H2,1-9H3. The van der Waals surface area contributed by atoms with Gasteiger partial charge in [0, 0.05) is 54.7 Å². The number of unbranched alkanes of at least 4 members (excludes halogenated alkanes) is 20. The highest BCUT2D eigenvalue weighted by Crippen LogP contribution is 2.64. The van der Waals surface area contributed by atoms with Crippen LogP contribution in [0.4, 0.5) is 17.1 Å². The van der Waals surface area contributed by atoms with Gasteiger partial charge in [0.15, 0.2) is 0 Å². The molecule has 2 heterocycles. The zero-order chi connectivity index (χ0) is 66.8. The lowest BCUT2D eigenvalue weighted by atomic mass is 9.68. The number of benzene rings is 9. The highest BCUT2D eigenvalue weighted by molar-refractivity contribution is 6.19. The zero-order valence-corrected chi connectivity index (χ0v) is 60.6. The van der Waals surface area contributed by atoms with Crippen LogP contribution in [0.25, 0.3) is 88.4 Å². The summed E-state index contributed by atoms with van der Waals surface area (Å²) < 4.78 is 13.9. The van der Waals surface area contributed by atoms with Gasteiger partial charge in [-0.25, -0.2) is 0 Å². The summed E-state index contributed by atoms with van der Waals surface area (Å²) in [5, 5.41) is 4.99. The highest BCUT2D eigenvalue weighted by atomic mass is 16.3. The molecule has 97 heavy (non-hydrogen) atoms. The Kier molecular flexibility index (Phi) is 19.7. The van der Waals surface area contributed by atoms with Gasteiger partial charge >= 0.3 is 0 Å². The van der Waals surface area contributed by atoms with Crippen molar-refractivity contribution in [3.8, 4) is 44.5 Å². The quantitative estimate of drug-likeness (QED) is 0.0394. The number of furan rings is 2. The van der Waals surface area contributed by atoms with Crippen molar-refractivity contribution in [2.75, 3.05) is 4.90 Å². The molecule has 502 valence electrons. The topological polar surface area (TPSA) is 29.5 Å². The fourth-order valence-electron chi connectivity index (χ4n) is 19.1. The number of anilines is 3. The smallest absolute Gasteiger partial charge is 0.143 e. The van der Waals surface area contributed by atoms with Gasteiger partial charge < -0.3 is 13.7 Å². The Morgan fingerprint density at radius 3 is 1.35 bits per heavy atom. The fraction of sp³-hybridized carbons (Fsp3) is 0.426. The van der Waals surface area contributed by atoms with Crippen molar-refractivity contribution >= 4 is 60.9 Å². The van der Waals surface area contributed by atoms with E-state index in [2.05, 4.69) is 225 Å².